The van der Waals surface area contributed by atoms with Crippen molar-refractivity contribution >= 4 is 11.6 Å². The third-order valence-corrected chi connectivity index (χ3v) is 3.59. The Morgan fingerprint density at radius 1 is 1.09 bits per heavy atom. The average Bonchev–Trinajstić information content (AvgIpc) is 2.73. The summed E-state index contributed by atoms with van der Waals surface area (Å²) in [6.45, 7) is 0.232. The second-order valence-electron chi connectivity index (χ2n) is 5.15. The summed E-state index contributed by atoms with van der Waals surface area (Å²) in [4.78, 5) is 13.8. The van der Waals surface area contributed by atoms with Crippen LogP contribution in [-0.4, -0.2) is 12.3 Å². The van der Waals surface area contributed by atoms with Gasteiger partial charge in [-0.3, -0.25) is 4.79 Å². The molecule has 0 saturated heterocycles. The van der Waals surface area contributed by atoms with E-state index in [1.807, 2.05) is 0 Å². The molecule has 0 bridgehead atoms. The lowest BCUT2D eigenvalue weighted by Gasteiger charge is -2.18. The SMILES string of the molecule is N[C@H]1C(=O)N(Cc2ccc(OC(F)(F)F)cc2)c2ccccc21. The second kappa shape index (κ2) is 5.58. The summed E-state index contributed by atoms with van der Waals surface area (Å²) < 4.78 is 40.2. The molecular weight excluding hydrogens is 309 g/mol. The lowest BCUT2D eigenvalue weighted by Crippen LogP contribution is -2.31. The number of ether oxygens (including phenoxy) is 1. The molecule has 3 rings (SSSR count). The maximum Gasteiger partial charge on any atom is 0.573 e. The van der Waals surface area contributed by atoms with Crippen LogP contribution in [0.15, 0.2) is 48.5 Å². The van der Waals surface area contributed by atoms with Gasteiger partial charge in [-0.15, -0.1) is 13.2 Å². The first kappa shape index (κ1) is 15.4. The number of carbonyl (C=O) groups excluding carboxylic acids is 1. The molecule has 1 atom stereocenters. The number of hydrogen-bond donors (Lipinski definition) is 1. The molecule has 0 spiro atoms. The van der Waals surface area contributed by atoms with E-state index in [0.717, 1.165) is 11.3 Å². The second-order valence-corrected chi connectivity index (χ2v) is 5.15. The summed E-state index contributed by atoms with van der Waals surface area (Å²) in [5, 5.41) is 0. The van der Waals surface area contributed by atoms with Crippen LogP contribution < -0.4 is 15.4 Å². The first-order chi connectivity index (χ1) is 10.8. The molecule has 2 aromatic rings. The van der Waals surface area contributed by atoms with Crippen molar-refractivity contribution in [2.24, 2.45) is 5.73 Å². The number of benzene rings is 2. The Bertz CT molecular complexity index is 729. The Kier molecular flexibility index (Phi) is 3.73. The zero-order chi connectivity index (χ0) is 16.6. The van der Waals surface area contributed by atoms with Crippen LogP contribution in [-0.2, 0) is 11.3 Å². The van der Waals surface area contributed by atoms with Crippen LogP contribution >= 0.6 is 0 Å². The Morgan fingerprint density at radius 2 is 1.74 bits per heavy atom. The maximum absolute atomic E-state index is 12.2. The summed E-state index contributed by atoms with van der Waals surface area (Å²) in [5.74, 6) is -0.534. The van der Waals surface area contributed by atoms with Gasteiger partial charge in [-0.05, 0) is 23.8 Å². The van der Waals surface area contributed by atoms with Crippen LogP contribution in [0.25, 0.3) is 0 Å². The van der Waals surface area contributed by atoms with Crippen LogP contribution in [0.4, 0.5) is 18.9 Å². The number of hydrogen-bond acceptors (Lipinski definition) is 3. The van der Waals surface area contributed by atoms with Gasteiger partial charge in [-0.1, -0.05) is 30.3 Å². The van der Waals surface area contributed by atoms with E-state index in [-0.39, 0.29) is 18.2 Å². The fourth-order valence-electron chi connectivity index (χ4n) is 2.56. The molecule has 0 fully saturated rings. The third-order valence-electron chi connectivity index (χ3n) is 3.59. The van der Waals surface area contributed by atoms with E-state index < -0.39 is 12.4 Å². The lowest BCUT2D eigenvalue weighted by atomic mass is 10.1. The van der Waals surface area contributed by atoms with Gasteiger partial charge in [0.15, 0.2) is 0 Å². The van der Waals surface area contributed by atoms with Gasteiger partial charge in [-0.2, -0.15) is 0 Å². The maximum atomic E-state index is 12.2. The Morgan fingerprint density at radius 3 is 2.39 bits per heavy atom. The Labute approximate surface area is 130 Å². The largest absolute Gasteiger partial charge is 0.573 e. The molecule has 2 aromatic carbocycles. The Hall–Kier alpha value is -2.54. The molecule has 120 valence electrons. The van der Waals surface area contributed by atoms with Gasteiger partial charge in [0.2, 0.25) is 5.91 Å². The number of nitrogens with two attached hydrogens (primary N) is 1. The molecule has 1 heterocycles. The first-order valence-electron chi connectivity index (χ1n) is 6.86. The van der Waals surface area contributed by atoms with Crippen molar-refractivity contribution in [2.45, 2.75) is 18.9 Å². The van der Waals surface area contributed by atoms with Gasteiger partial charge in [0.25, 0.3) is 0 Å². The number of halogens is 3. The van der Waals surface area contributed by atoms with Crippen molar-refractivity contribution in [1.82, 2.24) is 0 Å². The molecule has 1 aliphatic heterocycles. The standard InChI is InChI=1S/C16H13F3N2O2/c17-16(18,19)23-11-7-5-10(6-8-11)9-21-13-4-2-1-3-12(13)14(20)15(21)22/h1-8,14H,9,20H2/t14-/m1/s1. The van der Waals surface area contributed by atoms with Crippen molar-refractivity contribution < 1.29 is 22.7 Å². The van der Waals surface area contributed by atoms with Crippen molar-refractivity contribution in [3.05, 3.63) is 59.7 Å². The van der Waals surface area contributed by atoms with E-state index in [2.05, 4.69) is 4.74 Å². The fourth-order valence-corrected chi connectivity index (χ4v) is 2.56. The minimum Gasteiger partial charge on any atom is -0.406 e. The van der Waals surface area contributed by atoms with E-state index in [0.29, 0.717) is 5.56 Å². The predicted octanol–water partition coefficient (Wildman–Crippen LogP) is 3.13. The molecule has 4 nitrogen and oxygen atoms in total. The summed E-state index contributed by atoms with van der Waals surface area (Å²) in [6.07, 6.45) is -4.72. The monoisotopic (exact) mass is 322 g/mol. The number of alkyl halides is 3. The minimum atomic E-state index is -4.72. The highest BCUT2D eigenvalue weighted by Gasteiger charge is 2.34. The zero-order valence-electron chi connectivity index (χ0n) is 11.9. The summed E-state index contributed by atoms with van der Waals surface area (Å²) in [6, 6.07) is 11.9. The first-order valence-corrected chi connectivity index (χ1v) is 6.86. The van der Waals surface area contributed by atoms with Crippen molar-refractivity contribution in [3.8, 4) is 5.75 Å². The summed E-state index contributed by atoms with van der Waals surface area (Å²) >= 11 is 0. The van der Waals surface area contributed by atoms with Crippen molar-refractivity contribution in [1.29, 1.82) is 0 Å². The molecule has 7 heteroatoms. The van der Waals surface area contributed by atoms with Gasteiger partial charge in [0.05, 0.1) is 6.54 Å². The van der Waals surface area contributed by atoms with Crippen LogP contribution in [0.1, 0.15) is 17.2 Å². The number of amides is 1. The molecule has 0 unspecified atom stereocenters. The molecule has 0 aliphatic carbocycles. The number of para-hydroxylation sites is 1. The molecule has 0 saturated carbocycles. The third kappa shape index (κ3) is 3.14. The topological polar surface area (TPSA) is 55.6 Å². The Balaban J connectivity index is 1.79. The van der Waals surface area contributed by atoms with Crippen LogP contribution in [0.3, 0.4) is 0 Å². The van der Waals surface area contributed by atoms with Crippen LogP contribution in [0.5, 0.6) is 5.75 Å². The predicted molar refractivity (Wildman–Crippen MR) is 77.7 cm³/mol. The van der Waals surface area contributed by atoms with E-state index in [9.17, 15) is 18.0 Å². The number of anilines is 1. The van der Waals surface area contributed by atoms with Crippen LogP contribution in [0.2, 0.25) is 0 Å². The van der Waals surface area contributed by atoms with E-state index in [1.54, 1.807) is 24.3 Å². The van der Waals surface area contributed by atoms with Crippen molar-refractivity contribution in [2.75, 3.05) is 4.90 Å². The number of nitrogens with zero attached hydrogens (tertiary/aromatic N) is 1. The van der Waals surface area contributed by atoms with E-state index in [4.69, 9.17) is 5.73 Å². The van der Waals surface area contributed by atoms with Crippen molar-refractivity contribution in [3.63, 3.8) is 0 Å². The number of rotatable bonds is 3. The number of fused-ring (bicyclic) bond motifs is 1. The van der Waals surface area contributed by atoms with E-state index >= 15 is 0 Å². The fraction of sp³-hybridized carbons (Fsp3) is 0.188. The van der Waals surface area contributed by atoms with Gasteiger partial charge in [0.1, 0.15) is 11.8 Å². The highest BCUT2D eigenvalue weighted by atomic mass is 19.4. The van der Waals surface area contributed by atoms with Gasteiger partial charge in [-0.25, -0.2) is 0 Å². The molecule has 1 amide bonds. The zero-order valence-corrected chi connectivity index (χ0v) is 11.9. The molecule has 0 aromatic heterocycles. The molecule has 23 heavy (non-hydrogen) atoms. The highest BCUT2D eigenvalue weighted by Crippen LogP contribution is 2.35. The summed E-state index contributed by atoms with van der Waals surface area (Å²) in [7, 11) is 0. The minimum absolute atomic E-state index is 0.232. The lowest BCUT2D eigenvalue weighted by molar-refractivity contribution is -0.274. The molecular formula is C16H13F3N2O2. The average molecular weight is 322 g/mol. The van der Waals surface area contributed by atoms with E-state index in [1.165, 1.54) is 29.2 Å². The normalized spacial score (nSPS) is 17.3. The van der Waals surface area contributed by atoms with Gasteiger partial charge >= 0.3 is 6.36 Å². The molecule has 1 aliphatic rings. The quantitative estimate of drug-likeness (QED) is 0.944. The molecule has 2 N–H and O–H groups in total. The smallest absolute Gasteiger partial charge is 0.406 e. The molecule has 0 radical (unpaired) electrons. The van der Waals surface area contributed by atoms with Gasteiger partial charge in [0, 0.05) is 11.3 Å². The van der Waals surface area contributed by atoms with Gasteiger partial charge < -0.3 is 15.4 Å². The van der Waals surface area contributed by atoms with Crippen LogP contribution in [0, 0.1) is 0 Å². The number of carbonyl (C=O) groups is 1. The highest BCUT2D eigenvalue weighted by molar-refractivity contribution is 6.04. The summed E-state index contributed by atoms with van der Waals surface area (Å²) in [5.41, 5.74) is 8.04.